The van der Waals surface area contributed by atoms with Gasteiger partial charge in [-0.25, -0.2) is 13.4 Å². The number of halogens is 6. The Balaban J connectivity index is 1.86. The maximum Gasteiger partial charge on any atom is 0.416 e. The smallest absolute Gasteiger partial charge is 0.338 e. The lowest BCUT2D eigenvalue weighted by Crippen LogP contribution is -2.51. The van der Waals surface area contributed by atoms with Crippen LogP contribution in [0.4, 0.5) is 26.3 Å². The molecule has 0 atom stereocenters. The van der Waals surface area contributed by atoms with E-state index in [4.69, 9.17) is 0 Å². The third-order valence-corrected chi connectivity index (χ3v) is 7.11. The summed E-state index contributed by atoms with van der Waals surface area (Å²) >= 11 is 0. The van der Waals surface area contributed by atoms with Gasteiger partial charge in [0.2, 0.25) is 15.9 Å². The third kappa shape index (κ3) is 7.77. The number of alkyl halides is 6. The average molecular weight is 555 g/mol. The van der Waals surface area contributed by atoms with E-state index in [1.807, 2.05) is 0 Å². The molecule has 0 N–H and O–H groups in total. The number of aromatic nitrogens is 2. The van der Waals surface area contributed by atoms with Crippen LogP contribution in [-0.2, 0) is 34.0 Å². The van der Waals surface area contributed by atoms with Crippen LogP contribution in [0.1, 0.15) is 24.2 Å². The summed E-state index contributed by atoms with van der Waals surface area (Å²) in [5, 5.41) is 0. The van der Waals surface area contributed by atoms with Crippen molar-refractivity contribution in [2.24, 2.45) is 0 Å². The molecule has 1 fully saturated rings. The van der Waals surface area contributed by atoms with Crippen molar-refractivity contribution in [2.75, 3.05) is 32.4 Å². The Morgan fingerprint density at radius 1 is 1.00 bits per heavy atom. The maximum absolute atomic E-state index is 12.9. The predicted octanol–water partition coefficient (Wildman–Crippen LogP) is 2.92. The van der Waals surface area contributed by atoms with E-state index in [-0.39, 0.29) is 49.7 Å². The Kier molecular flexibility index (Phi) is 8.37. The third-order valence-electron chi connectivity index (χ3n) is 5.81. The molecule has 1 saturated heterocycles. The van der Waals surface area contributed by atoms with E-state index in [1.165, 1.54) is 9.21 Å². The van der Waals surface area contributed by atoms with E-state index in [0.717, 1.165) is 41.2 Å². The number of hydrogen-bond donors (Lipinski definition) is 0. The lowest BCUT2D eigenvalue weighted by Gasteiger charge is -2.33. The summed E-state index contributed by atoms with van der Waals surface area (Å²) in [6.45, 7) is -0.270. The van der Waals surface area contributed by atoms with Gasteiger partial charge in [-0.2, -0.15) is 30.6 Å². The molecule has 1 aliphatic rings. The zero-order valence-electron chi connectivity index (χ0n) is 19.6. The minimum atomic E-state index is -4.58. The predicted molar refractivity (Wildman–Crippen MR) is 121 cm³/mol. The first-order valence-corrected chi connectivity index (χ1v) is 13.0. The Hall–Kier alpha value is -2.94. The summed E-state index contributed by atoms with van der Waals surface area (Å²) in [6, 6.07) is 4.80. The van der Waals surface area contributed by atoms with E-state index < -0.39 is 58.8 Å². The molecule has 0 aliphatic carbocycles. The molecule has 3 rings (SSSR count). The minimum absolute atomic E-state index is 0.0359. The number of nitrogens with zero attached hydrogens (tertiary/aromatic N) is 4. The largest absolute Gasteiger partial charge is 0.416 e. The van der Waals surface area contributed by atoms with Gasteiger partial charge in [0.05, 0.1) is 17.5 Å². The second-order valence-electron chi connectivity index (χ2n) is 8.57. The van der Waals surface area contributed by atoms with E-state index >= 15 is 0 Å². The number of hydrogen-bond acceptors (Lipinski definition) is 5. The molecule has 2 aromatic rings. The highest BCUT2D eigenvalue weighted by Crippen LogP contribution is 2.30. The normalized spacial score (nSPS) is 15.7. The van der Waals surface area contributed by atoms with Crippen LogP contribution in [0.3, 0.4) is 0 Å². The summed E-state index contributed by atoms with van der Waals surface area (Å²) in [5.41, 5.74) is -1.56. The number of piperazine rings is 1. The Morgan fingerprint density at radius 2 is 1.59 bits per heavy atom. The van der Waals surface area contributed by atoms with Gasteiger partial charge in [-0.05, 0) is 18.6 Å². The number of carbonyl (C=O) groups excluding carboxylic acids is 1. The van der Waals surface area contributed by atoms with Crippen molar-refractivity contribution in [1.29, 1.82) is 0 Å². The zero-order valence-corrected chi connectivity index (χ0v) is 20.5. The van der Waals surface area contributed by atoms with Crippen molar-refractivity contribution in [3.8, 4) is 11.3 Å². The Bertz CT molecular complexity index is 1280. The molecule has 1 aromatic heterocycles. The van der Waals surface area contributed by atoms with E-state index in [9.17, 15) is 44.3 Å². The average Bonchev–Trinajstić information content (AvgIpc) is 2.79. The SMILES string of the molecule is CS(=O)(=O)N1CCN(C(=O)Cn2c(CCCC(F)(F)F)nc(-c3ccc(C(F)(F)F)cc3)cc2=O)CC1. The molecule has 1 aromatic carbocycles. The number of aryl methyl sites for hydroxylation is 1. The first-order valence-electron chi connectivity index (χ1n) is 11.1. The molecule has 0 bridgehead atoms. The quantitative estimate of drug-likeness (QED) is 0.491. The van der Waals surface area contributed by atoms with E-state index in [2.05, 4.69) is 4.98 Å². The molecule has 1 amide bonds. The fraction of sp³-hybridized carbons (Fsp3) is 0.500. The van der Waals surface area contributed by atoms with Crippen molar-refractivity contribution in [3.63, 3.8) is 0 Å². The number of amides is 1. The van der Waals surface area contributed by atoms with Crippen LogP contribution in [-0.4, -0.2) is 71.7 Å². The standard InChI is InChI=1S/C22H24F6N4O4S/c1-37(35,36)31-11-9-30(10-12-31)20(34)14-32-18(3-2-8-21(23,24)25)29-17(13-19(32)33)15-4-6-16(7-5-15)22(26,27)28/h4-7,13H,2-3,8-12,14H2,1H3. The van der Waals surface area contributed by atoms with Gasteiger partial charge in [0.1, 0.15) is 12.4 Å². The summed E-state index contributed by atoms with van der Waals surface area (Å²) in [5.74, 6) is -0.661. The minimum Gasteiger partial charge on any atom is -0.338 e. The molecule has 0 radical (unpaired) electrons. The zero-order chi connectivity index (χ0) is 27.6. The highest BCUT2D eigenvalue weighted by molar-refractivity contribution is 7.88. The highest BCUT2D eigenvalue weighted by Gasteiger charge is 2.31. The highest BCUT2D eigenvalue weighted by atomic mass is 32.2. The Morgan fingerprint density at radius 3 is 2.11 bits per heavy atom. The van der Waals surface area contributed by atoms with Crippen molar-refractivity contribution >= 4 is 15.9 Å². The van der Waals surface area contributed by atoms with Crippen molar-refractivity contribution < 1.29 is 39.6 Å². The molecule has 37 heavy (non-hydrogen) atoms. The van der Waals surface area contributed by atoms with Gasteiger partial charge in [0, 0.05) is 50.7 Å². The summed E-state index contributed by atoms with van der Waals surface area (Å²) in [4.78, 5) is 31.3. The van der Waals surface area contributed by atoms with Gasteiger partial charge in [-0.3, -0.25) is 14.2 Å². The molecule has 8 nitrogen and oxygen atoms in total. The summed E-state index contributed by atoms with van der Waals surface area (Å²) in [6.07, 6.45) is -9.88. The Labute approximate surface area is 208 Å². The van der Waals surface area contributed by atoms with Crippen LogP contribution in [0.5, 0.6) is 0 Å². The van der Waals surface area contributed by atoms with Crippen LogP contribution in [0, 0.1) is 0 Å². The van der Waals surface area contributed by atoms with Gasteiger partial charge in [0.15, 0.2) is 0 Å². The molecule has 1 aliphatic heterocycles. The number of rotatable bonds is 7. The van der Waals surface area contributed by atoms with Gasteiger partial charge >= 0.3 is 12.4 Å². The second kappa shape index (κ2) is 10.8. The van der Waals surface area contributed by atoms with Crippen molar-refractivity contribution in [1.82, 2.24) is 18.8 Å². The molecule has 2 heterocycles. The van der Waals surface area contributed by atoms with Crippen LogP contribution in [0.25, 0.3) is 11.3 Å². The van der Waals surface area contributed by atoms with Gasteiger partial charge in [-0.15, -0.1) is 0 Å². The van der Waals surface area contributed by atoms with Crippen LogP contribution in [0.15, 0.2) is 35.1 Å². The van der Waals surface area contributed by atoms with Crippen molar-refractivity contribution in [3.05, 3.63) is 52.1 Å². The number of carbonyl (C=O) groups is 1. The van der Waals surface area contributed by atoms with Gasteiger partial charge < -0.3 is 4.90 Å². The van der Waals surface area contributed by atoms with Crippen molar-refractivity contribution in [2.45, 2.75) is 38.2 Å². The molecule has 15 heteroatoms. The van der Waals surface area contributed by atoms with E-state index in [0.29, 0.717) is 0 Å². The topological polar surface area (TPSA) is 92.6 Å². The van der Waals surface area contributed by atoms with Gasteiger partial charge in [0.25, 0.3) is 5.56 Å². The van der Waals surface area contributed by atoms with Crippen LogP contribution < -0.4 is 5.56 Å². The lowest BCUT2D eigenvalue weighted by atomic mass is 10.1. The number of sulfonamides is 1. The van der Waals surface area contributed by atoms with Crippen LogP contribution >= 0.6 is 0 Å². The monoisotopic (exact) mass is 554 g/mol. The molecule has 0 spiro atoms. The molecule has 0 unspecified atom stereocenters. The summed E-state index contributed by atoms with van der Waals surface area (Å²) < 4.78 is 102. The summed E-state index contributed by atoms with van der Waals surface area (Å²) in [7, 11) is -3.44. The fourth-order valence-corrected chi connectivity index (χ4v) is 4.67. The molecular formula is C22H24F6N4O4S. The lowest BCUT2D eigenvalue weighted by molar-refractivity contribution is -0.137. The first-order chi connectivity index (χ1) is 17.0. The molecular weight excluding hydrogens is 530 g/mol. The van der Waals surface area contributed by atoms with E-state index in [1.54, 1.807) is 0 Å². The fourth-order valence-electron chi connectivity index (χ4n) is 3.84. The van der Waals surface area contributed by atoms with Gasteiger partial charge in [-0.1, -0.05) is 12.1 Å². The number of benzene rings is 1. The second-order valence-corrected chi connectivity index (χ2v) is 10.6. The first kappa shape index (κ1) is 28.6. The molecule has 204 valence electrons. The maximum atomic E-state index is 12.9. The van der Waals surface area contributed by atoms with Crippen LogP contribution in [0.2, 0.25) is 0 Å². The molecule has 0 saturated carbocycles.